The van der Waals surface area contributed by atoms with Crippen molar-refractivity contribution < 1.29 is 4.79 Å². The Morgan fingerprint density at radius 3 is 2.22 bits per heavy atom. The molecule has 0 unspecified atom stereocenters. The fraction of sp³-hybridized carbons (Fsp3) is 0. The molecular formula is C19H12N2OS. The predicted molar refractivity (Wildman–Crippen MR) is 91.0 cm³/mol. The summed E-state index contributed by atoms with van der Waals surface area (Å²) < 4.78 is 0. The van der Waals surface area contributed by atoms with Gasteiger partial charge in [-0.05, 0) is 23.9 Å². The monoisotopic (exact) mass is 316 g/mol. The number of nitriles is 1. The topological polar surface area (TPSA) is 53.8 Å². The van der Waals surface area contributed by atoms with Crippen LogP contribution in [0.4, 0.5) is 0 Å². The molecule has 0 bridgehead atoms. The quantitative estimate of drug-likeness (QED) is 0.665. The summed E-state index contributed by atoms with van der Waals surface area (Å²) in [4.78, 5) is 16.8. The molecule has 3 rings (SSSR count). The smallest absolute Gasteiger partial charge is 0.225 e. The van der Waals surface area contributed by atoms with E-state index in [1.165, 1.54) is 0 Å². The van der Waals surface area contributed by atoms with Crippen molar-refractivity contribution in [2.45, 2.75) is 5.03 Å². The van der Waals surface area contributed by atoms with Gasteiger partial charge in [-0.15, -0.1) is 0 Å². The molecule has 0 saturated heterocycles. The summed E-state index contributed by atoms with van der Waals surface area (Å²) in [6.45, 7) is 0. The van der Waals surface area contributed by atoms with E-state index in [4.69, 9.17) is 0 Å². The molecule has 0 aliphatic carbocycles. The Kier molecular flexibility index (Phi) is 4.51. The van der Waals surface area contributed by atoms with E-state index in [1.807, 2.05) is 48.5 Å². The minimum atomic E-state index is -0.125. The van der Waals surface area contributed by atoms with E-state index in [9.17, 15) is 10.1 Å². The van der Waals surface area contributed by atoms with Gasteiger partial charge in [0, 0.05) is 11.1 Å². The van der Waals surface area contributed by atoms with Gasteiger partial charge >= 0.3 is 0 Å². The zero-order valence-corrected chi connectivity index (χ0v) is 13.0. The Labute approximate surface area is 138 Å². The molecule has 3 aromatic rings. The van der Waals surface area contributed by atoms with Gasteiger partial charge in [0.1, 0.15) is 11.1 Å². The lowest BCUT2D eigenvalue weighted by atomic mass is 10.1. The highest BCUT2D eigenvalue weighted by Crippen LogP contribution is 2.27. The van der Waals surface area contributed by atoms with E-state index in [1.54, 1.807) is 24.3 Å². The molecule has 2 aromatic carbocycles. The van der Waals surface area contributed by atoms with Gasteiger partial charge in [0.05, 0.1) is 11.3 Å². The average Bonchev–Trinajstić information content (AvgIpc) is 2.63. The first-order chi connectivity index (χ1) is 11.3. The Hall–Kier alpha value is -2.90. The van der Waals surface area contributed by atoms with Crippen molar-refractivity contribution in [3.05, 3.63) is 83.9 Å². The van der Waals surface area contributed by atoms with Crippen LogP contribution in [0.15, 0.2) is 77.8 Å². The number of hydrogen-bond donors (Lipinski definition) is 0. The maximum atomic E-state index is 12.3. The minimum absolute atomic E-state index is 0.125. The summed E-state index contributed by atoms with van der Waals surface area (Å²) in [7, 11) is 0. The second kappa shape index (κ2) is 6.91. The predicted octanol–water partition coefficient (Wildman–Crippen LogP) is 4.55. The van der Waals surface area contributed by atoms with E-state index in [2.05, 4.69) is 11.1 Å². The van der Waals surface area contributed by atoms with Crippen molar-refractivity contribution in [1.29, 1.82) is 5.26 Å². The molecule has 0 saturated carbocycles. The Morgan fingerprint density at radius 2 is 1.57 bits per heavy atom. The summed E-state index contributed by atoms with van der Waals surface area (Å²) in [5.74, 6) is 0. The van der Waals surface area contributed by atoms with Crippen LogP contribution in [0.2, 0.25) is 0 Å². The van der Waals surface area contributed by atoms with Gasteiger partial charge < -0.3 is 0 Å². The molecule has 4 heteroatoms. The molecule has 0 aliphatic rings. The molecule has 3 nitrogen and oxygen atoms in total. The fourth-order valence-electron chi connectivity index (χ4n) is 2.09. The second-order valence-electron chi connectivity index (χ2n) is 4.78. The van der Waals surface area contributed by atoms with Crippen molar-refractivity contribution >= 4 is 16.9 Å². The standard InChI is InChI=1S/C19H12N2OS/c20-13-16-11-12-17(14-7-3-1-4-8-14)21-18(16)23-19(22)15-9-5-2-6-10-15/h1-12H. The van der Waals surface area contributed by atoms with Crippen LogP contribution in [0, 0.1) is 11.3 Å². The number of carbonyl (C=O) groups excluding carboxylic acids is 1. The second-order valence-corrected chi connectivity index (χ2v) is 5.74. The van der Waals surface area contributed by atoms with E-state index in [-0.39, 0.29) is 5.12 Å². The zero-order valence-electron chi connectivity index (χ0n) is 12.1. The highest BCUT2D eigenvalue weighted by molar-refractivity contribution is 8.14. The van der Waals surface area contributed by atoms with Crippen molar-refractivity contribution in [3.63, 3.8) is 0 Å². The number of carbonyl (C=O) groups is 1. The maximum Gasteiger partial charge on any atom is 0.225 e. The first-order valence-electron chi connectivity index (χ1n) is 7.02. The van der Waals surface area contributed by atoms with Gasteiger partial charge in [-0.3, -0.25) is 4.79 Å². The first kappa shape index (κ1) is 15.0. The molecule has 0 radical (unpaired) electrons. The molecule has 110 valence electrons. The summed E-state index contributed by atoms with van der Waals surface area (Å²) in [6, 6.07) is 24.3. The lowest BCUT2D eigenvalue weighted by Gasteiger charge is -2.06. The van der Waals surface area contributed by atoms with Gasteiger partial charge in [0.15, 0.2) is 0 Å². The van der Waals surface area contributed by atoms with Crippen molar-refractivity contribution in [2.24, 2.45) is 0 Å². The van der Waals surface area contributed by atoms with Gasteiger partial charge in [0.2, 0.25) is 5.12 Å². The molecule has 0 N–H and O–H groups in total. The highest BCUT2D eigenvalue weighted by atomic mass is 32.2. The number of thioether (sulfide) groups is 1. The molecule has 0 spiro atoms. The van der Waals surface area contributed by atoms with E-state index in [0.29, 0.717) is 16.2 Å². The van der Waals surface area contributed by atoms with E-state index >= 15 is 0 Å². The molecule has 0 atom stereocenters. The number of pyridine rings is 1. The van der Waals surface area contributed by atoms with Crippen molar-refractivity contribution in [3.8, 4) is 17.3 Å². The van der Waals surface area contributed by atoms with Crippen LogP contribution in [0.5, 0.6) is 0 Å². The largest absolute Gasteiger partial charge is 0.281 e. The van der Waals surface area contributed by atoms with Crippen LogP contribution in [-0.4, -0.2) is 10.1 Å². The number of rotatable bonds is 3. The highest BCUT2D eigenvalue weighted by Gasteiger charge is 2.14. The molecule has 0 fully saturated rings. The fourth-order valence-corrected chi connectivity index (χ4v) is 2.89. The number of hydrogen-bond acceptors (Lipinski definition) is 4. The SMILES string of the molecule is N#Cc1ccc(-c2ccccc2)nc1SC(=O)c1ccccc1. The van der Waals surface area contributed by atoms with Gasteiger partial charge in [-0.1, -0.05) is 60.7 Å². The van der Waals surface area contributed by atoms with E-state index in [0.717, 1.165) is 23.0 Å². The number of benzene rings is 2. The first-order valence-corrected chi connectivity index (χ1v) is 7.83. The Morgan fingerprint density at radius 1 is 0.913 bits per heavy atom. The normalized spacial score (nSPS) is 10.0. The van der Waals surface area contributed by atoms with Crippen LogP contribution >= 0.6 is 11.8 Å². The molecule has 1 heterocycles. The Balaban J connectivity index is 1.95. The third kappa shape index (κ3) is 3.47. The summed E-state index contributed by atoms with van der Waals surface area (Å²) in [6.07, 6.45) is 0. The Bertz CT molecular complexity index is 871. The third-order valence-corrected chi connectivity index (χ3v) is 4.17. The van der Waals surface area contributed by atoms with Crippen LogP contribution in [0.25, 0.3) is 11.3 Å². The van der Waals surface area contributed by atoms with Crippen LogP contribution in [-0.2, 0) is 0 Å². The lowest BCUT2D eigenvalue weighted by molar-refractivity contribution is 0.108. The number of nitrogens with zero attached hydrogens (tertiary/aromatic N) is 2. The molecule has 23 heavy (non-hydrogen) atoms. The van der Waals surface area contributed by atoms with E-state index < -0.39 is 0 Å². The van der Waals surface area contributed by atoms with Gasteiger partial charge in [-0.2, -0.15) is 5.26 Å². The summed E-state index contributed by atoms with van der Waals surface area (Å²) >= 11 is 0.984. The lowest BCUT2D eigenvalue weighted by Crippen LogP contribution is -1.97. The molecule has 1 aromatic heterocycles. The molecule has 0 aliphatic heterocycles. The number of aromatic nitrogens is 1. The summed E-state index contributed by atoms with van der Waals surface area (Å²) in [5, 5.41) is 9.56. The minimum Gasteiger partial charge on any atom is -0.281 e. The van der Waals surface area contributed by atoms with Gasteiger partial charge in [0.25, 0.3) is 0 Å². The molecule has 0 amide bonds. The van der Waals surface area contributed by atoms with Crippen LogP contribution in [0.3, 0.4) is 0 Å². The summed E-state index contributed by atoms with van der Waals surface area (Å²) in [5.41, 5.74) is 2.69. The van der Waals surface area contributed by atoms with Crippen LogP contribution < -0.4 is 0 Å². The van der Waals surface area contributed by atoms with Crippen LogP contribution in [0.1, 0.15) is 15.9 Å². The van der Waals surface area contributed by atoms with Crippen molar-refractivity contribution in [1.82, 2.24) is 4.98 Å². The average molecular weight is 316 g/mol. The van der Waals surface area contributed by atoms with Crippen molar-refractivity contribution in [2.75, 3.05) is 0 Å². The zero-order chi connectivity index (χ0) is 16.1. The van der Waals surface area contributed by atoms with Gasteiger partial charge in [-0.25, -0.2) is 4.98 Å². The maximum absolute atomic E-state index is 12.3. The third-order valence-electron chi connectivity index (χ3n) is 3.25. The molecular weight excluding hydrogens is 304 g/mol.